The Kier molecular flexibility index (Phi) is 4.29. The van der Waals surface area contributed by atoms with Crippen molar-refractivity contribution in [2.75, 3.05) is 19.6 Å². The summed E-state index contributed by atoms with van der Waals surface area (Å²) in [6.07, 6.45) is 4.72. The lowest BCUT2D eigenvalue weighted by molar-refractivity contribution is 0.0273. The molecule has 2 rings (SSSR count). The van der Waals surface area contributed by atoms with E-state index in [4.69, 9.17) is 5.73 Å². The van der Waals surface area contributed by atoms with E-state index in [1.54, 1.807) is 0 Å². The highest BCUT2D eigenvalue weighted by Crippen LogP contribution is 2.42. The molecule has 1 aliphatic carbocycles. The van der Waals surface area contributed by atoms with Crippen molar-refractivity contribution in [2.24, 2.45) is 23.0 Å². The van der Waals surface area contributed by atoms with Crippen LogP contribution in [0.15, 0.2) is 0 Å². The van der Waals surface area contributed by atoms with E-state index in [-0.39, 0.29) is 0 Å². The van der Waals surface area contributed by atoms with Gasteiger partial charge in [0, 0.05) is 19.1 Å². The molecular formula is C16H32N2O. The van der Waals surface area contributed by atoms with Gasteiger partial charge in [-0.3, -0.25) is 4.90 Å². The van der Waals surface area contributed by atoms with E-state index in [1.807, 2.05) is 6.92 Å². The summed E-state index contributed by atoms with van der Waals surface area (Å²) in [4.78, 5) is 2.51. The minimum atomic E-state index is -0.492. The molecule has 1 aliphatic heterocycles. The Morgan fingerprint density at radius 3 is 2.47 bits per heavy atom. The summed E-state index contributed by atoms with van der Waals surface area (Å²) >= 11 is 0. The van der Waals surface area contributed by atoms with Gasteiger partial charge >= 0.3 is 0 Å². The van der Waals surface area contributed by atoms with Crippen LogP contribution in [0.1, 0.15) is 53.4 Å². The zero-order chi connectivity index (χ0) is 14.3. The van der Waals surface area contributed by atoms with E-state index in [0.717, 1.165) is 32.0 Å². The van der Waals surface area contributed by atoms with Crippen LogP contribution in [-0.4, -0.2) is 41.3 Å². The molecule has 0 bridgehead atoms. The second kappa shape index (κ2) is 5.34. The van der Waals surface area contributed by atoms with Crippen LogP contribution in [0.3, 0.4) is 0 Å². The molecule has 3 N–H and O–H groups in total. The molecule has 19 heavy (non-hydrogen) atoms. The Labute approximate surface area is 118 Å². The Hall–Kier alpha value is -0.120. The van der Waals surface area contributed by atoms with E-state index in [2.05, 4.69) is 25.7 Å². The highest BCUT2D eigenvalue weighted by Gasteiger charge is 2.42. The van der Waals surface area contributed by atoms with Gasteiger partial charge in [-0.05, 0) is 56.4 Å². The Balaban J connectivity index is 2.06. The van der Waals surface area contributed by atoms with Gasteiger partial charge in [-0.25, -0.2) is 0 Å². The van der Waals surface area contributed by atoms with E-state index >= 15 is 0 Å². The molecule has 2 fully saturated rings. The number of hydrogen-bond donors (Lipinski definition) is 2. The summed E-state index contributed by atoms with van der Waals surface area (Å²) in [5.41, 5.74) is 5.89. The molecule has 0 amide bonds. The average Bonchev–Trinajstić information content (AvgIpc) is 2.67. The molecule has 0 aromatic carbocycles. The molecule has 4 unspecified atom stereocenters. The van der Waals surface area contributed by atoms with Gasteiger partial charge in [0.1, 0.15) is 0 Å². The van der Waals surface area contributed by atoms with Crippen LogP contribution in [0.25, 0.3) is 0 Å². The first kappa shape index (κ1) is 15.3. The van der Waals surface area contributed by atoms with Crippen molar-refractivity contribution in [3.05, 3.63) is 0 Å². The summed E-state index contributed by atoms with van der Waals surface area (Å²) in [7, 11) is 0. The fraction of sp³-hybridized carbons (Fsp3) is 1.00. The topological polar surface area (TPSA) is 49.5 Å². The molecule has 1 heterocycles. The maximum Gasteiger partial charge on any atom is 0.0758 e. The quantitative estimate of drug-likeness (QED) is 0.807. The van der Waals surface area contributed by atoms with E-state index in [9.17, 15) is 5.11 Å². The van der Waals surface area contributed by atoms with Gasteiger partial charge in [-0.15, -0.1) is 0 Å². The van der Waals surface area contributed by atoms with Gasteiger partial charge < -0.3 is 10.8 Å². The molecular weight excluding hydrogens is 236 g/mol. The summed E-state index contributed by atoms with van der Waals surface area (Å²) in [6.45, 7) is 11.7. The lowest BCUT2D eigenvalue weighted by Gasteiger charge is -2.45. The Morgan fingerprint density at radius 2 is 2.00 bits per heavy atom. The molecule has 1 saturated heterocycles. The lowest BCUT2D eigenvalue weighted by Crippen LogP contribution is -2.48. The minimum absolute atomic E-state index is 0.389. The molecule has 0 radical (unpaired) electrons. The molecule has 1 saturated carbocycles. The molecule has 0 spiro atoms. The summed E-state index contributed by atoms with van der Waals surface area (Å²) in [5, 5.41) is 10.2. The maximum absolute atomic E-state index is 10.2. The van der Waals surface area contributed by atoms with Crippen molar-refractivity contribution in [3.63, 3.8) is 0 Å². The van der Waals surface area contributed by atoms with Crippen molar-refractivity contribution >= 4 is 0 Å². The molecule has 3 heteroatoms. The highest BCUT2D eigenvalue weighted by molar-refractivity contribution is 4.96. The van der Waals surface area contributed by atoms with Crippen LogP contribution in [0, 0.1) is 17.3 Å². The van der Waals surface area contributed by atoms with Crippen molar-refractivity contribution in [2.45, 2.75) is 65.0 Å². The Morgan fingerprint density at radius 1 is 1.32 bits per heavy atom. The maximum atomic E-state index is 10.2. The first-order valence-corrected chi connectivity index (χ1v) is 7.89. The smallest absolute Gasteiger partial charge is 0.0758 e. The summed E-state index contributed by atoms with van der Waals surface area (Å²) in [6, 6.07) is 0.581. The van der Waals surface area contributed by atoms with Crippen molar-refractivity contribution < 1.29 is 5.11 Å². The second-order valence-corrected chi connectivity index (χ2v) is 8.16. The number of aliphatic hydroxyl groups is 1. The van der Waals surface area contributed by atoms with Gasteiger partial charge in [0.25, 0.3) is 0 Å². The summed E-state index contributed by atoms with van der Waals surface area (Å²) < 4.78 is 0. The van der Waals surface area contributed by atoms with E-state index < -0.39 is 5.60 Å². The molecule has 4 atom stereocenters. The van der Waals surface area contributed by atoms with Crippen molar-refractivity contribution in [1.82, 2.24) is 4.90 Å². The molecule has 0 aromatic rings. The SMILES string of the molecule is CC1(O)CCN(C2CC(C(C)(C)C)CCC2CN)C1. The zero-order valence-corrected chi connectivity index (χ0v) is 13.2. The minimum Gasteiger partial charge on any atom is -0.389 e. The predicted octanol–water partition coefficient (Wildman–Crippen LogP) is 2.23. The third-order valence-electron chi connectivity index (χ3n) is 5.43. The van der Waals surface area contributed by atoms with Crippen molar-refractivity contribution in [3.8, 4) is 0 Å². The van der Waals surface area contributed by atoms with Gasteiger partial charge in [-0.1, -0.05) is 20.8 Å². The third-order valence-corrected chi connectivity index (χ3v) is 5.43. The normalized spacial score (nSPS) is 41.7. The molecule has 0 aromatic heterocycles. The van der Waals surface area contributed by atoms with Crippen LogP contribution in [0.2, 0.25) is 0 Å². The monoisotopic (exact) mass is 268 g/mol. The standard InChI is InChI=1S/C16H32N2O/c1-15(2,3)13-6-5-12(10-17)14(9-13)18-8-7-16(4,19)11-18/h12-14,19H,5-11,17H2,1-4H3. The van der Waals surface area contributed by atoms with E-state index in [1.165, 1.54) is 19.3 Å². The van der Waals surface area contributed by atoms with Crippen LogP contribution in [0.4, 0.5) is 0 Å². The number of nitrogens with zero attached hydrogens (tertiary/aromatic N) is 1. The second-order valence-electron chi connectivity index (χ2n) is 8.16. The van der Waals surface area contributed by atoms with Crippen LogP contribution < -0.4 is 5.73 Å². The number of β-amino-alcohol motifs (C(OH)–C–C–N with tert-alkyl or cyclic N) is 1. The number of hydrogen-bond acceptors (Lipinski definition) is 3. The van der Waals surface area contributed by atoms with Gasteiger partial charge in [0.15, 0.2) is 0 Å². The lowest BCUT2D eigenvalue weighted by atomic mass is 9.67. The van der Waals surface area contributed by atoms with Crippen LogP contribution in [-0.2, 0) is 0 Å². The zero-order valence-electron chi connectivity index (χ0n) is 13.2. The first-order chi connectivity index (χ1) is 8.73. The molecule has 2 aliphatic rings. The molecule has 3 nitrogen and oxygen atoms in total. The van der Waals surface area contributed by atoms with Crippen molar-refractivity contribution in [1.29, 1.82) is 0 Å². The average molecular weight is 268 g/mol. The largest absolute Gasteiger partial charge is 0.389 e. The number of likely N-dealkylation sites (tertiary alicyclic amines) is 1. The fourth-order valence-corrected chi connectivity index (χ4v) is 3.98. The first-order valence-electron chi connectivity index (χ1n) is 7.89. The number of nitrogens with two attached hydrogens (primary N) is 1. The van der Waals surface area contributed by atoms with E-state index in [0.29, 0.717) is 17.4 Å². The predicted molar refractivity (Wildman–Crippen MR) is 79.9 cm³/mol. The highest BCUT2D eigenvalue weighted by atomic mass is 16.3. The Bertz CT molecular complexity index is 308. The van der Waals surface area contributed by atoms with Gasteiger partial charge in [0.2, 0.25) is 0 Å². The van der Waals surface area contributed by atoms with Crippen LogP contribution >= 0.6 is 0 Å². The third kappa shape index (κ3) is 3.50. The van der Waals surface area contributed by atoms with Gasteiger partial charge in [0.05, 0.1) is 5.60 Å². The van der Waals surface area contributed by atoms with Crippen LogP contribution in [0.5, 0.6) is 0 Å². The summed E-state index contributed by atoms with van der Waals surface area (Å²) in [5.74, 6) is 1.40. The van der Waals surface area contributed by atoms with Gasteiger partial charge in [-0.2, -0.15) is 0 Å². The fourth-order valence-electron chi connectivity index (χ4n) is 3.98. The number of rotatable bonds is 2. The molecule has 112 valence electrons.